The van der Waals surface area contributed by atoms with Crippen molar-refractivity contribution < 1.29 is 19.4 Å². The first-order valence-corrected chi connectivity index (χ1v) is 5.10. The maximum atomic E-state index is 11.5. The van der Waals surface area contributed by atoms with Gasteiger partial charge in [-0.25, -0.2) is 9.59 Å². The van der Waals surface area contributed by atoms with Crippen LogP contribution in [0.4, 0.5) is 4.79 Å². The smallest absolute Gasteiger partial charge is 0.410 e. The Morgan fingerprint density at radius 2 is 1.73 bits per heavy atom. The molecule has 0 heterocycles. The Balaban J connectivity index is 4.91. The highest BCUT2D eigenvalue weighted by atomic mass is 16.6. The van der Waals surface area contributed by atoms with E-state index < -0.39 is 17.6 Å². The second-order valence-corrected chi connectivity index (χ2v) is 3.30. The summed E-state index contributed by atoms with van der Waals surface area (Å²) >= 11 is 0. The van der Waals surface area contributed by atoms with Crippen LogP contribution in [0.25, 0.3) is 0 Å². The molecule has 0 unspecified atom stereocenters. The van der Waals surface area contributed by atoms with Crippen LogP contribution >= 0.6 is 0 Å². The molecule has 1 amide bonds. The lowest BCUT2D eigenvalue weighted by atomic mass is 9.91. The molecular formula is C10H19NO4. The molecule has 15 heavy (non-hydrogen) atoms. The predicted molar refractivity (Wildman–Crippen MR) is 55.7 cm³/mol. The van der Waals surface area contributed by atoms with E-state index in [1.54, 1.807) is 20.8 Å². The van der Waals surface area contributed by atoms with E-state index in [1.165, 1.54) is 11.9 Å². The number of carboxylic acid groups (broad SMARTS) is 1. The van der Waals surface area contributed by atoms with Crippen LogP contribution in [-0.4, -0.2) is 41.3 Å². The van der Waals surface area contributed by atoms with Gasteiger partial charge in [-0.2, -0.15) is 0 Å². The molecule has 0 radical (unpaired) electrons. The maximum Gasteiger partial charge on any atom is 0.410 e. The Kier molecular flexibility index (Phi) is 5.11. The quantitative estimate of drug-likeness (QED) is 0.761. The number of aliphatic carboxylic acids is 1. The third-order valence-electron chi connectivity index (χ3n) is 2.75. The predicted octanol–water partition coefficient (Wildman–Crippen LogP) is 1.72. The van der Waals surface area contributed by atoms with Crippen LogP contribution in [0.3, 0.4) is 0 Å². The van der Waals surface area contributed by atoms with Crippen molar-refractivity contribution in [3.05, 3.63) is 0 Å². The lowest BCUT2D eigenvalue weighted by Gasteiger charge is -2.35. The fourth-order valence-corrected chi connectivity index (χ4v) is 1.57. The van der Waals surface area contributed by atoms with E-state index >= 15 is 0 Å². The molecule has 0 aromatic rings. The largest absolute Gasteiger partial charge is 0.479 e. The van der Waals surface area contributed by atoms with Gasteiger partial charge in [0.1, 0.15) is 5.54 Å². The molecule has 0 aliphatic rings. The zero-order valence-corrected chi connectivity index (χ0v) is 9.74. The van der Waals surface area contributed by atoms with Crippen LogP contribution in [0.1, 0.15) is 33.6 Å². The van der Waals surface area contributed by atoms with Gasteiger partial charge in [0, 0.05) is 7.05 Å². The second-order valence-electron chi connectivity index (χ2n) is 3.30. The van der Waals surface area contributed by atoms with Gasteiger partial charge in [0.15, 0.2) is 0 Å². The number of carbonyl (C=O) groups excluding carboxylic acids is 1. The first kappa shape index (κ1) is 13.7. The van der Waals surface area contributed by atoms with Gasteiger partial charge < -0.3 is 9.84 Å². The van der Waals surface area contributed by atoms with Gasteiger partial charge in [0.05, 0.1) is 6.61 Å². The highest BCUT2D eigenvalue weighted by Gasteiger charge is 2.42. The number of ether oxygens (including phenoxy) is 1. The van der Waals surface area contributed by atoms with Gasteiger partial charge in [-0.15, -0.1) is 0 Å². The molecule has 5 nitrogen and oxygen atoms in total. The zero-order chi connectivity index (χ0) is 12.1. The maximum absolute atomic E-state index is 11.5. The van der Waals surface area contributed by atoms with Gasteiger partial charge in [-0.05, 0) is 19.8 Å². The molecule has 0 aromatic carbocycles. The van der Waals surface area contributed by atoms with Crippen LogP contribution in [0.5, 0.6) is 0 Å². The van der Waals surface area contributed by atoms with Crippen molar-refractivity contribution in [2.45, 2.75) is 39.2 Å². The number of likely N-dealkylation sites (N-methyl/N-ethyl adjacent to an activating group) is 1. The summed E-state index contributed by atoms with van der Waals surface area (Å²) in [4.78, 5) is 23.8. The van der Waals surface area contributed by atoms with Crippen molar-refractivity contribution >= 4 is 12.1 Å². The second kappa shape index (κ2) is 5.58. The third kappa shape index (κ3) is 2.61. The molecular weight excluding hydrogens is 198 g/mol. The molecule has 0 saturated carbocycles. The summed E-state index contributed by atoms with van der Waals surface area (Å²) in [6.07, 6.45) is 0.117. The standard InChI is InChI=1S/C10H19NO4/c1-5-10(6-2,8(12)13)11(4)9(14)15-7-3/h5-7H2,1-4H3,(H,12,13). The summed E-state index contributed by atoms with van der Waals surface area (Å²) in [5.41, 5.74) is -1.16. The van der Waals surface area contributed by atoms with Crippen molar-refractivity contribution in [2.24, 2.45) is 0 Å². The minimum absolute atomic E-state index is 0.242. The summed E-state index contributed by atoms with van der Waals surface area (Å²) in [6, 6.07) is 0. The van der Waals surface area contributed by atoms with E-state index in [4.69, 9.17) is 9.84 Å². The molecule has 0 rings (SSSR count). The van der Waals surface area contributed by atoms with Crippen molar-refractivity contribution in [1.29, 1.82) is 0 Å². The fraction of sp³-hybridized carbons (Fsp3) is 0.800. The highest BCUT2D eigenvalue weighted by molar-refractivity contribution is 5.84. The molecule has 0 saturated heterocycles. The summed E-state index contributed by atoms with van der Waals surface area (Å²) in [5, 5.41) is 9.16. The normalized spacial score (nSPS) is 10.9. The number of rotatable bonds is 5. The van der Waals surface area contributed by atoms with Crippen molar-refractivity contribution in [3.63, 3.8) is 0 Å². The van der Waals surface area contributed by atoms with Crippen molar-refractivity contribution in [1.82, 2.24) is 4.90 Å². The number of nitrogens with zero attached hydrogens (tertiary/aromatic N) is 1. The Bertz CT molecular complexity index is 236. The molecule has 0 aliphatic carbocycles. The van der Waals surface area contributed by atoms with Crippen LogP contribution in [0.2, 0.25) is 0 Å². The van der Waals surface area contributed by atoms with Crippen molar-refractivity contribution in [3.8, 4) is 0 Å². The van der Waals surface area contributed by atoms with Gasteiger partial charge in [0.25, 0.3) is 0 Å². The fourth-order valence-electron chi connectivity index (χ4n) is 1.57. The minimum atomic E-state index is -1.16. The molecule has 0 atom stereocenters. The Morgan fingerprint density at radius 1 is 1.27 bits per heavy atom. The summed E-state index contributed by atoms with van der Waals surface area (Å²) in [6.45, 7) is 5.42. The molecule has 0 bridgehead atoms. The van der Waals surface area contributed by atoms with Crippen LogP contribution in [0, 0.1) is 0 Å². The van der Waals surface area contributed by atoms with Gasteiger partial charge in [0.2, 0.25) is 0 Å². The number of hydrogen-bond donors (Lipinski definition) is 1. The first-order chi connectivity index (χ1) is 6.96. The molecule has 0 spiro atoms. The van der Waals surface area contributed by atoms with E-state index in [0.717, 1.165) is 0 Å². The molecule has 0 fully saturated rings. The van der Waals surface area contributed by atoms with Crippen LogP contribution in [-0.2, 0) is 9.53 Å². The van der Waals surface area contributed by atoms with E-state index in [0.29, 0.717) is 12.8 Å². The monoisotopic (exact) mass is 217 g/mol. The average molecular weight is 217 g/mol. The summed E-state index contributed by atoms with van der Waals surface area (Å²) < 4.78 is 4.79. The Labute approximate surface area is 90.0 Å². The highest BCUT2D eigenvalue weighted by Crippen LogP contribution is 2.23. The minimum Gasteiger partial charge on any atom is -0.479 e. The van der Waals surface area contributed by atoms with E-state index in [1.807, 2.05) is 0 Å². The summed E-state index contributed by atoms with van der Waals surface area (Å²) in [7, 11) is 1.46. The Morgan fingerprint density at radius 3 is 2.00 bits per heavy atom. The Hall–Kier alpha value is -1.26. The molecule has 5 heteroatoms. The number of carboxylic acids is 1. The zero-order valence-electron chi connectivity index (χ0n) is 9.74. The van der Waals surface area contributed by atoms with E-state index in [-0.39, 0.29) is 6.61 Å². The number of hydrogen-bond acceptors (Lipinski definition) is 3. The summed E-state index contributed by atoms with van der Waals surface area (Å²) in [5.74, 6) is -0.997. The third-order valence-corrected chi connectivity index (χ3v) is 2.75. The molecule has 0 aromatic heterocycles. The SMILES string of the molecule is CCOC(=O)N(C)C(CC)(CC)C(=O)O. The lowest BCUT2D eigenvalue weighted by molar-refractivity contribution is -0.150. The number of amides is 1. The van der Waals surface area contributed by atoms with E-state index in [9.17, 15) is 9.59 Å². The lowest BCUT2D eigenvalue weighted by Crippen LogP contribution is -2.54. The average Bonchev–Trinajstić information content (AvgIpc) is 2.20. The van der Waals surface area contributed by atoms with Crippen LogP contribution in [0.15, 0.2) is 0 Å². The molecule has 88 valence electrons. The van der Waals surface area contributed by atoms with Crippen molar-refractivity contribution in [2.75, 3.05) is 13.7 Å². The van der Waals surface area contributed by atoms with Gasteiger partial charge >= 0.3 is 12.1 Å². The van der Waals surface area contributed by atoms with Crippen LogP contribution < -0.4 is 0 Å². The first-order valence-electron chi connectivity index (χ1n) is 5.10. The molecule has 0 aliphatic heterocycles. The van der Waals surface area contributed by atoms with E-state index in [2.05, 4.69) is 0 Å². The number of carbonyl (C=O) groups is 2. The topological polar surface area (TPSA) is 66.8 Å². The molecule has 1 N–H and O–H groups in total. The van der Waals surface area contributed by atoms with Gasteiger partial charge in [-0.3, -0.25) is 4.90 Å². The van der Waals surface area contributed by atoms with Gasteiger partial charge in [-0.1, -0.05) is 13.8 Å².